The number of carbonyl (C=O) groups excluding carboxylic acids is 1. The second kappa shape index (κ2) is 6.25. The summed E-state index contributed by atoms with van der Waals surface area (Å²) in [5.41, 5.74) is 0.873. The van der Waals surface area contributed by atoms with Crippen LogP contribution in [0.25, 0.3) is 0 Å². The summed E-state index contributed by atoms with van der Waals surface area (Å²) in [7, 11) is -2.58. The highest BCUT2D eigenvalue weighted by Crippen LogP contribution is 2.37. The van der Waals surface area contributed by atoms with Crippen LogP contribution in [-0.4, -0.2) is 21.5 Å². The van der Waals surface area contributed by atoms with Crippen LogP contribution < -0.4 is 4.72 Å². The van der Waals surface area contributed by atoms with Gasteiger partial charge in [-0.15, -0.1) is 22.7 Å². The Morgan fingerprint density at radius 2 is 2.14 bits per heavy atom. The molecule has 0 saturated heterocycles. The highest BCUT2D eigenvalue weighted by atomic mass is 79.9. The zero-order valence-corrected chi connectivity index (χ0v) is 15.6. The van der Waals surface area contributed by atoms with Crippen molar-refractivity contribution >= 4 is 71.9 Å². The van der Waals surface area contributed by atoms with Crippen molar-refractivity contribution in [2.45, 2.75) is 11.1 Å². The van der Waals surface area contributed by atoms with Gasteiger partial charge in [-0.25, -0.2) is 13.2 Å². The maximum absolute atomic E-state index is 12.4. The van der Waals surface area contributed by atoms with E-state index in [4.69, 9.17) is 11.6 Å². The Balaban J connectivity index is 2.42. The van der Waals surface area contributed by atoms with Gasteiger partial charge in [0, 0.05) is 0 Å². The molecule has 0 aliphatic heterocycles. The lowest BCUT2D eigenvalue weighted by molar-refractivity contribution is 0.0607. The number of halogens is 2. The molecule has 0 fully saturated rings. The molecule has 0 unspecified atom stereocenters. The predicted octanol–water partition coefficient (Wildman–Crippen LogP) is 4.12. The van der Waals surface area contributed by atoms with E-state index in [1.54, 1.807) is 12.3 Å². The molecule has 0 aliphatic carbocycles. The summed E-state index contributed by atoms with van der Waals surface area (Å²) < 4.78 is 32.4. The number of sulfonamides is 1. The minimum Gasteiger partial charge on any atom is -0.465 e. The topological polar surface area (TPSA) is 72.5 Å². The molecule has 0 saturated carbocycles. The summed E-state index contributed by atoms with van der Waals surface area (Å²) in [5, 5.41) is 2.00. The van der Waals surface area contributed by atoms with Gasteiger partial charge in [0.25, 0.3) is 10.0 Å². The first-order chi connectivity index (χ1) is 9.76. The number of carbonyl (C=O) groups is 1. The third-order valence-electron chi connectivity index (χ3n) is 2.47. The summed E-state index contributed by atoms with van der Waals surface area (Å²) in [5.74, 6) is -0.587. The van der Waals surface area contributed by atoms with Crippen molar-refractivity contribution in [1.29, 1.82) is 0 Å². The molecule has 114 valence electrons. The van der Waals surface area contributed by atoms with Crippen molar-refractivity contribution in [3.05, 3.63) is 30.7 Å². The Bertz CT molecular complexity index is 777. The number of ether oxygens (including phenoxy) is 1. The molecular weight excluding hydrogens is 422 g/mol. The summed E-state index contributed by atoms with van der Waals surface area (Å²) >= 11 is 11.1. The van der Waals surface area contributed by atoms with Crippen molar-refractivity contribution in [3.8, 4) is 0 Å². The van der Waals surface area contributed by atoms with Crippen LogP contribution in [0, 0.1) is 6.92 Å². The monoisotopic (exact) mass is 429 g/mol. The van der Waals surface area contributed by atoms with E-state index in [0.29, 0.717) is 14.4 Å². The molecule has 0 amide bonds. The highest BCUT2D eigenvalue weighted by Gasteiger charge is 2.24. The lowest BCUT2D eigenvalue weighted by Crippen LogP contribution is -2.14. The third-order valence-corrected chi connectivity index (χ3v) is 7.85. The summed E-state index contributed by atoms with van der Waals surface area (Å²) in [6.45, 7) is 1.71. The fraction of sp³-hybridized carbons (Fsp3) is 0.182. The van der Waals surface area contributed by atoms with Crippen molar-refractivity contribution in [3.63, 3.8) is 0 Å². The molecule has 0 atom stereocenters. The number of rotatable bonds is 4. The predicted molar refractivity (Wildman–Crippen MR) is 88.2 cm³/mol. The lowest BCUT2D eigenvalue weighted by Gasteiger charge is -2.08. The zero-order chi connectivity index (χ0) is 15.8. The Hall–Kier alpha value is -0.610. The smallest absolute Gasteiger partial charge is 0.350 e. The number of methoxy groups -OCH3 is 1. The third kappa shape index (κ3) is 3.42. The number of anilines is 1. The standard InChI is InChI=1S/C11H9BrClNO4S3/c1-5-4-19-9(11(15)18-2)8(5)14-21(16,17)7-3-6(13)10(12)20-7/h3-4,14H,1-2H3. The van der Waals surface area contributed by atoms with Crippen LogP contribution in [0.2, 0.25) is 5.02 Å². The van der Waals surface area contributed by atoms with Crippen LogP contribution in [0.4, 0.5) is 5.69 Å². The van der Waals surface area contributed by atoms with E-state index < -0.39 is 16.0 Å². The van der Waals surface area contributed by atoms with Gasteiger partial charge in [0.1, 0.15) is 9.09 Å². The van der Waals surface area contributed by atoms with Crippen LogP contribution in [-0.2, 0) is 14.8 Å². The Labute approximate surface area is 143 Å². The zero-order valence-electron chi connectivity index (χ0n) is 10.8. The van der Waals surface area contributed by atoms with Gasteiger partial charge in [0.05, 0.1) is 21.6 Å². The molecular formula is C11H9BrClNO4S3. The molecule has 0 radical (unpaired) electrons. The fourth-order valence-electron chi connectivity index (χ4n) is 1.46. The number of thiophene rings is 2. The number of esters is 1. The van der Waals surface area contributed by atoms with Gasteiger partial charge in [-0.1, -0.05) is 11.6 Å². The highest BCUT2D eigenvalue weighted by molar-refractivity contribution is 9.11. The molecule has 21 heavy (non-hydrogen) atoms. The summed E-state index contributed by atoms with van der Waals surface area (Å²) in [6.07, 6.45) is 0. The van der Waals surface area contributed by atoms with Crippen LogP contribution >= 0.6 is 50.2 Å². The number of hydrogen-bond acceptors (Lipinski definition) is 6. The SMILES string of the molecule is COC(=O)c1scc(C)c1NS(=O)(=O)c1cc(Cl)c(Br)s1. The molecule has 2 heterocycles. The Morgan fingerprint density at radius 3 is 2.67 bits per heavy atom. The van der Waals surface area contributed by atoms with E-state index in [9.17, 15) is 13.2 Å². The van der Waals surface area contributed by atoms with E-state index in [2.05, 4.69) is 25.4 Å². The first-order valence-corrected chi connectivity index (χ1v) is 9.75. The first-order valence-electron chi connectivity index (χ1n) is 5.40. The number of nitrogens with one attached hydrogen (secondary N) is 1. The lowest BCUT2D eigenvalue weighted by atomic mass is 10.3. The summed E-state index contributed by atoms with van der Waals surface area (Å²) in [6, 6.07) is 1.35. The summed E-state index contributed by atoms with van der Waals surface area (Å²) in [4.78, 5) is 11.9. The van der Waals surface area contributed by atoms with Gasteiger partial charge in [-0.05, 0) is 39.9 Å². The van der Waals surface area contributed by atoms with E-state index in [1.165, 1.54) is 13.2 Å². The van der Waals surface area contributed by atoms with Crippen molar-refractivity contribution in [2.24, 2.45) is 0 Å². The van der Waals surface area contributed by atoms with E-state index in [-0.39, 0.29) is 14.8 Å². The molecule has 5 nitrogen and oxygen atoms in total. The van der Waals surface area contributed by atoms with Crippen molar-refractivity contribution in [1.82, 2.24) is 0 Å². The molecule has 0 bridgehead atoms. The van der Waals surface area contributed by atoms with E-state index in [0.717, 1.165) is 22.7 Å². The van der Waals surface area contributed by atoms with Gasteiger partial charge < -0.3 is 4.74 Å². The van der Waals surface area contributed by atoms with Gasteiger partial charge in [0.2, 0.25) is 0 Å². The Morgan fingerprint density at radius 1 is 1.48 bits per heavy atom. The molecule has 2 aromatic rings. The molecule has 0 aliphatic rings. The number of hydrogen-bond donors (Lipinski definition) is 1. The van der Waals surface area contributed by atoms with Gasteiger partial charge in [-0.3, -0.25) is 4.72 Å². The normalized spacial score (nSPS) is 11.4. The van der Waals surface area contributed by atoms with Gasteiger partial charge in [-0.2, -0.15) is 0 Å². The first kappa shape index (κ1) is 16.8. The minimum atomic E-state index is -3.82. The van der Waals surface area contributed by atoms with Gasteiger partial charge in [0.15, 0.2) is 0 Å². The minimum absolute atomic E-state index is 0.0563. The largest absolute Gasteiger partial charge is 0.465 e. The van der Waals surface area contributed by atoms with E-state index in [1.807, 2.05) is 0 Å². The van der Waals surface area contributed by atoms with Crippen LogP contribution in [0.1, 0.15) is 15.2 Å². The number of aryl methyl sites for hydroxylation is 1. The molecule has 2 rings (SSSR count). The molecule has 2 aromatic heterocycles. The molecule has 10 heteroatoms. The Kier molecular flexibility index (Phi) is 4.99. The fourth-order valence-corrected chi connectivity index (χ4v) is 5.99. The average molecular weight is 431 g/mol. The van der Waals surface area contributed by atoms with Crippen LogP contribution in [0.3, 0.4) is 0 Å². The maximum atomic E-state index is 12.4. The second-order valence-corrected chi connectivity index (χ2v) is 9.47. The quantitative estimate of drug-likeness (QED) is 0.741. The van der Waals surface area contributed by atoms with Crippen LogP contribution in [0.15, 0.2) is 19.4 Å². The molecule has 0 spiro atoms. The average Bonchev–Trinajstić information content (AvgIpc) is 2.94. The van der Waals surface area contributed by atoms with Crippen LogP contribution in [0.5, 0.6) is 0 Å². The second-order valence-electron chi connectivity index (χ2n) is 3.91. The van der Waals surface area contributed by atoms with Crippen molar-refractivity contribution < 1.29 is 17.9 Å². The van der Waals surface area contributed by atoms with E-state index >= 15 is 0 Å². The molecule has 1 N–H and O–H groups in total. The maximum Gasteiger partial charge on any atom is 0.350 e. The molecule has 0 aromatic carbocycles. The van der Waals surface area contributed by atoms with Crippen molar-refractivity contribution in [2.75, 3.05) is 11.8 Å². The van der Waals surface area contributed by atoms with Gasteiger partial charge >= 0.3 is 5.97 Å².